The van der Waals surface area contributed by atoms with E-state index in [1.54, 1.807) is 7.05 Å². The van der Waals surface area contributed by atoms with Crippen molar-refractivity contribution in [2.75, 3.05) is 7.05 Å². The molecule has 0 spiro atoms. The van der Waals surface area contributed by atoms with E-state index in [-0.39, 0.29) is 0 Å². The summed E-state index contributed by atoms with van der Waals surface area (Å²) in [4.78, 5) is 0. The van der Waals surface area contributed by atoms with Gasteiger partial charge in [0.15, 0.2) is 5.84 Å². The minimum atomic E-state index is 0.404. The third kappa shape index (κ3) is 3.09. The summed E-state index contributed by atoms with van der Waals surface area (Å²) in [5.41, 5.74) is 8.50. The van der Waals surface area contributed by atoms with Crippen LogP contribution in [0.3, 0.4) is 0 Å². The molecule has 0 aliphatic heterocycles. The van der Waals surface area contributed by atoms with Crippen LogP contribution in [0.25, 0.3) is 0 Å². The molecule has 1 aromatic carbocycles. The van der Waals surface area contributed by atoms with Crippen LogP contribution in [0, 0.1) is 17.8 Å². The van der Waals surface area contributed by atoms with Gasteiger partial charge in [-0.2, -0.15) is 5.11 Å². The molecule has 0 atom stereocenters. The first-order chi connectivity index (χ1) is 11.7. The van der Waals surface area contributed by atoms with E-state index in [9.17, 15) is 0 Å². The van der Waals surface area contributed by atoms with E-state index >= 15 is 0 Å². The van der Waals surface area contributed by atoms with Crippen molar-refractivity contribution in [2.24, 2.45) is 38.9 Å². The zero-order valence-corrected chi connectivity index (χ0v) is 14.4. The number of nitrogens with one attached hydrogen (secondary N) is 1. The van der Waals surface area contributed by atoms with Crippen LogP contribution in [0.1, 0.15) is 49.7 Å². The Morgan fingerprint density at radius 1 is 1.08 bits per heavy atom. The fraction of sp³-hybridized carbons (Fsp3) is 0.632. The second-order valence-electron chi connectivity index (χ2n) is 8.02. The van der Waals surface area contributed by atoms with Gasteiger partial charge in [-0.3, -0.25) is 0 Å². The van der Waals surface area contributed by atoms with Crippen molar-refractivity contribution in [1.29, 1.82) is 0 Å². The SMILES string of the molecule is CN=N/N=C(\N)c1ccc(CNC23CC4CC(CC(C4)C2)C3)cc1. The Bertz CT molecular complexity index is 611. The third-order valence-electron chi connectivity index (χ3n) is 6.20. The quantitative estimate of drug-likeness (QED) is 0.376. The van der Waals surface area contributed by atoms with Gasteiger partial charge in [0.25, 0.3) is 0 Å². The van der Waals surface area contributed by atoms with Crippen LogP contribution in [0.2, 0.25) is 0 Å². The van der Waals surface area contributed by atoms with E-state index in [4.69, 9.17) is 5.73 Å². The van der Waals surface area contributed by atoms with E-state index in [1.807, 2.05) is 12.1 Å². The highest BCUT2D eigenvalue weighted by molar-refractivity contribution is 5.97. The molecule has 0 radical (unpaired) electrons. The van der Waals surface area contributed by atoms with Gasteiger partial charge in [-0.15, -0.1) is 5.10 Å². The van der Waals surface area contributed by atoms with Crippen molar-refractivity contribution in [3.05, 3.63) is 35.4 Å². The number of benzene rings is 1. The number of nitrogens with zero attached hydrogens (tertiary/aromatic N) is 3. The van der Waals surface area contributed by atoms with Gasteiger partial charge in [0.2, 0.25) is 0 Å². The highest BCUT2D eigenvalue weighted by atomic mass is 15.4. The molecule has 1 aromatic rings. The molecule has 0 unspecified atom stereocenters. The first-order valence-corrected chi connectivity index (χ1v) is 9.12. The molecule has 4 saturated carbocycles. The second-order valence-corrected chi connectivity index (χ2v) is 8.02. The van der Waals surface area contributed by atoms with Crippen molar-refractivity contribution < 1.29 is 0 Å². The normalized spacial score (nSPS) is 35.0. The van der Waals surface area contributed by atoms with Gasteiger partial charge in [-0.05, 0) is 67.1 Å². The van der Waals surface area contributed by atoms with Crippen LogP contribution >= 0.6 is 0 Å². The van der Waals surface area contributed by atoms with Crippen LogP contribution in [0.4, 0.5) is 0 Å². The van der Waals surface area contributed by atoms with Crippen LogP contribution in [0.15, 0.2) is 39.7 Å². The van der Waals surface area contributed by atoms with Crippen LogP contribution < -0.4 is 11.1 Å². The zero-order valence-electron chi connectivity index (χ0n) is 14.4. The molecule has 0 aromatic heterocycles. The van der Waals surface area contributed by atoms with Gasteiger partial charge in [0.1, 0.15) is 0 Å². The monoisotopic (exact) mass is 325 g/mol. The van der Waals surface area contributed by atoms with Crippen LogP contribution in [-0.2, 0) is 6.54 Å². The molecule has 4 aliphatic rings. The van der Waals surface area contributed by atoms with Gasteiger partial charge in [0, 0.05) is 17.6 Å². The predicted octanol–water partition coefficient (Wildman–Crippen LogP) is 3.45. The minimum absolute atomic E-state index is 0.404. The second kappa shape index (κ2) is 6.28. The maximum absolute atomic E-state index is 5.89. The lowest BCUT2D eigenvalue weighted by molar-refractivity contribution is -0.0206. The van der Waals surface area contributed by atoms with Gasteiger partial charge in [-0.25, -0.2) is 0 Å². The molecule has 4 aliphatic carbocycles. The van der Waals surface area contributed by atoms with Gasteiger partial charge in [-0.1, -0.05) is 24.3 Å². The Labute approximate surface area is 143 Å². The molecule has 0 heterocycles. The average Bonchev–Trinajstić information content (AvgIpc) is 2.57. The molecule has 24 heavy (non-hydrogen) atoms. The summed E-state index contributed by atoms with van der Waals surface area (Å²) in [5.74, 6) is 3.35. The molecule has 4 fully saturated rings. The standard InChI is InChI=1S/C19H27N5/c1-21-24-23-18(20)17-4-2-13(3-5-17)12-22-19-9-14-6-15(10-19)8-16(7-14)11-19/h2-5,14-16,22H,6-12H2,1H3,(H2,20,21,23). The molecule has 5 nitrogen and oxygen atoms in total. The largest absolute Gasteiger partial charge is 0.382 e. The predicted molar refractivity (Wildman–Crippen MR) is 95.7 cm³/mol. The Hall–Kier alpha value is -1.75. The molecule has 0 amide bonds. The molecular formula is C19H27N5. The number of hydrogen-bond donors (Lipinski definition) is 2. The highest BCUT2D eigenvalue weighted by Crippen LogP contribution is 2.55. The van der Waals surface area contributed by atoms with Gasteiger partial charge >= 0.3 is 0 Å². The van der Waals surface area contributed by atoms with E-state index in [0.717, 1.165) is 29.9 Å². The third-order valence-corrected chi connectivity index (χ3v) is 6.20. The van der Waals surface area contributed by atoms with Crippen molar-refractivity contribution in [3.8, 4) is 0 Å². The highest BCUT2D eigenvalue weighted by Gasteiger charge is 2.50. The van der Waals surface area contributed by atoms with Crippen LogP contribution in [-0.4, -0.2) is 18.4 Å². The number of hydrogen-bond acceptors (Lipinski definition) is 3. The lowest BCUT2D eigenvalue weighted by atomic mass is 9.53. The molecule has 128 valence electrons. The summed E-state index contributed by atoms with van der Waals surface area (Å²) in [5, 5.41) is 15.0. The smallest absolute Gasteiger partial charge is 0.155 e. The zero-order chi connectivity index (χ0) is 16.6. The summed E-state index contributed by atoms with van der Waals surface area (Å²) >= 11 is 0. The van der Waals surface area contributed by atoms with E-state index < -0.39 is 0 Å². The van der Waals surface area contributed by atoms with E-state index in [0.29, 0.717) is 11.4 Å². The fourth-order valence-corrected chi connectivity index (χ4v) is 5.56. The average molecular weight is 325 g/mol. The summed E-state index contributed by atoms with van der Waals surface area (Å²) in [6.07, 6.45) is 8.63. The lowest BCUT2D eigenvalue weighted by Crippen LogP contribution is -2.58. The van der Waals surface area contributed by atoms with Crippen molar-refractivity contribution in [1.82, 2.24) is 5.32 Å². The number of amidine groups is 1. The van der Waals surface area contributed by atoms with Crippen molar-refractivity contribution >= 4 is 5.84 Å². The van der Waals surface area contributed by atoms with Gasteiger partial charge in [0.05, 0.1) is 7.05 Å². The maximum atomic E-state index is 5.89. The van der Waals surface area contributed by atoms with Crippen LogP contribution in [0.5, 0.6) is 0 Å². The minimum Gasteiger partial charge on any atom is -0.382 e. The topological polar surface area (TPSA) is 75.1 Å². The summed E-state index contributed by atoms with van der Waals surface area (Å²) in [6, 6.07) is 8.30. The Morgan fingerprint density at radius 2 is 1.67 bits per heavy atom. The molecule has 5 rings (SSSR count). The maximum Gasteiger partial charge on any atom is 0.155 e. The Morgan fingerprint density at radius 3 is 2.21 bits per heavy atom. The van der Waals surface area contributed by atoms with Gasteiger partial charge < -0.3 is 11.1 Å². The fourth-order valence-electron chi connectivity index (χ4n) is 5.56. The molecule has 4 bridgehead atoms. The Balaban J connectivity index is 1.40. The molecule has 3 N–H and O–H groups in total. The molecule has 0 saturated heterocycles. The molecule has 5 heteroatoms. The first-order valence-electron chi connectivity index (χ1n) is 9.12. The number of rotatable bonds is 5. The van der Waals surface area contributed by atoms with E-state index in [1.165, 1.54) is 44.1 Å². The van der Waals surface area contributed by atoms with E-state index in [2.05, 4.69) is 32.9 Å². The lowest BCUT2D eigenvalue weighted by Gasteiger charge is -2.57. The van der Waals surface area contributed by atoms with Crippen molar-refractivity contribution in [2.45, 2.75) is 50.6 Å². The summed E-state index contributed by atoms with van der Waals surface area (Å²) in [6.45, 7) is 0.943. The van der Waals surface area contributed by atoms with Crippen molar-refractivity contribution in [3.63, 3.8) is 0 Å². The Kier molecular flexibility index (Phi) is 4.12. The number of nitrogens with two attached hydrogens (primary N) is 1. The first kappa shape index (κ1) is 15.8. The molecular weight excluding hydrogens is 298 g/mol. The summed E-state index contributed by atoms with van der Waals surface area (Å²) < 4.78 is 0. The summed E-state index contributed by atoms with van der Waals surface area (Å²) in [7, 11) is 1.58.